The summed E-state index contributed by atoms with van der Waals surface area (Å²) in [6, 6.07) is 2.88. The van der Waals surface area contributed by atoms with Crippen molar-refractivity contribution in [2.24, 2.45) is 0 Å². The van der Waals surface area contributed by atoms with Crippen molar-refractivity contribution in [3.63, 3.8) is 0 Å². The van der Waals surface area contributed by atoms with Gasteiger partial charge in [0.05, 0.1) is 19.5 Å². The Morgan fingerprint density at radius 1 is 1.30 bits per heavy atom. The van der Waals surface area contributed by atoms with E-state index in [4.69, 9.17) is 10.5 Å². The van der Waals surface area contributed by atoms with Crippen LogP contribution in [-0.2, 0) is 10.0 Å². The maximum atomic E-state index is 12.3. The van der Waals surface area contributed by atoms with Crippen molar-refractivity contribution in [1.29, 1.82) is 0 Å². The SMILES string of the molecule is COc1cc(C)c(N)cc1S(=O)(=O)Nc1nccnn1. The Hall–Kier alpha value is -2.42. The third-order valence-corrected chi connectivity index (χ3v) is 3.90. The molecule has 9 heteroatoms. The van der Waals surface area contributed by atoms with E-state index in [1.165, 1.54) is 25.6 Å². The molecule has 0 unspecified atom stereocenters. The lowest BCUT2D eigenvalue weighted by Crippen LogP contribution is -2.16. The lowest BCUT2D eigenvalue weighted by atomic mass is 10.2. The standard InChI is InChI=1S/C11H13N5O3S/c1-7-5-9(19-2)10(6-8(7)12)20(17,18)16-11-13-3-4-14-15-11/h3-6H,12H2,1-2H3,(H,13,15,16). The van der Waals surface area contributed by atoms with Crippen LogP contribution in [0.4, 0.5) is 11.6 Å². The third-order valence-electron chi connectivity index (χ3n) is 2.55. The number of aryl methyl sites for hydroxylation is 1. The van der Waals surface area contributed by atoms with Crippen LogP contribution in [0.15, 0.2) is 29.4 Å². The van der Waals surface area contributed by atoms with E-state index < -0.39 is 10.0 Å². The number of nitrogens with one attached hydrogen (secondary N) is 1. The summed E-state index contributed by atoms with van der Waals surface area (Å²) < 4.78 is 31.9. The number of hydrogen-bond acceptors (Lipinski definition) is 7. The van der Waals surface area contributed by atoms with Crippen molar-refractivity contribution in [1.82, 2.24) is 15.2 Å². The van der Waals surface area contributed by atoms with Crippen LogP contribution < -0.4 is 15.2 Å². The van der Waals surface area contributed by atoms with Crippen LogP contribution in [0.25, 0.3) is 0 Å². The van der Waals surface area contributed by atoms with Gasteiger partial charge in [-0.15, -0.1) is 5.10 Å². The lowest BCUT2D eigenvalue weighted by molar-refractivity contribution is 0.402. The van der Waals surface area contributed by atoms with Gasteiger partial charge in [0.2, 0.25) is 0 Å². The number of benzene rings is 1. The Bertz CT molecular complexity index is 718. The number of nitrogen functional groups attached to an aromatic ring is 1. The van der Waals surface area contributed by atoms with Crippen LogP contribution in [0.1, 0.15) is 5.56 Å². The van der Waals surface area contributed by atoms with Gasteiger partial charge in [-0.1, -0.05) is 0 Å². The molecule has 1 aromatic carbocycles. The molecule has 2 aromatic rings. The maximum Gasteiger partial charge on any atom is 0.268 e. The molecule has 0 atom stereocenters. The second-order valence-corrected chi connectivity index (χ2v) is 5.58. The minimum absolute atomic E-state index is 0.0875. The van der Waals surface area contributed by atoms with E-state index in [-0.39, 0.29) is 16.6 Å². The first-order chi connectivity index (χ1) is 9.44. The van der Waals surface area contributed by atoms with Crippen LogP contribution in [0.5, 0.6) is 5.75 Å². The topological polar surface area (TPSA) is 120 Å². The number of hydrogen-bond donors (Lipinski definition) is 2. The number of sulfonamides is 1. The predicted octanol–water partition coefficient (Wildman–Crippen LogP) is 0.572. The summed E-state index contributed by atoms with van der Waals surface area (Å²) in [5.41, 5.74) is 6.81. The highest BCUT2D eigenvalue weighted by Gasteiger charge is 2.22. The van der Waals surface area contributed by atoms with E-state index in [0.717, 1.165) is 5.56 Å². The summed E-state index contributed by atoms with van der Waals surface area (Å²) in [5.74, 6) is 0.0572. The van der Waals surface area contributed by atoms with Crippen LogP contribution in [0.3, 0.4) is 0 Å². The summed E-state index contributed by atoms with van der Waals surface area (Å²) in [4.78, 5) is 3.66. The predicted molar refractivity (Wildman–Crippen MR) is 72.8 cm³/mol. The zero-order valence-electron chi connectivity index (χ0n) is 10.9. The van der Waals surface area contributed by atoms with E-state index in [1.807, 2.05) is 0 Å². The summed E-state index contributed by atoms with van der Waals surface area (Å²) in [7, 11) is -2.54. The number of anilines is 2. The highest BCUT2D eigenvalue weighted by Crippen LogP contribution is 2.29. The minimum Gasteiger partial charge on any atom is -0.495 e. The van der Waals surface area contributed by atoms with E-state index in [1.54, 1.807) is 13.0 Å². The molecular formula is C11H13N5O3S. The summed E-state index contributed by atoms with van der Waals surface area (Å²) in [5, 5.41) is 7.10. The number of methoxy groups -OCH3 is 1. The highest BCUT2D eigenvalue weighted by atomic mass is 32.2. The Balaban J connectivity index is 2.47. The van der Waals surface area contributed by atoms with E-state index >= 15 is 0 Å². The average Bonchev–Trinajstić information content (AvgIpc) is 2.42. The number of nitrogens with zero attached hydrogens (tertiary/aromatic N) is 3. The first-order valence-electron chi connectivity index (χ1n) is 5.54. The molecule has 0 radical (unpaired) electrons. The molecule has 20 heavy (non-hydrogen) atoms. The number of nitrogens with two attached hydrogens (primary N) is 1. The second kappa shape index (κ2) is 5.29. The molecule has 106 valence electrons. The summed E-state index contributed by atoms with van der Waals surface area (Å²) in [6.45, 7) is 1.76. The smallest absolute Gasteiger partial charge is 0.268 e. The fraction of sp³-hybridized carbons (Fsp3) is 0.182. The van der Waals surface area contributed by atoms with Gasteiger partial charge in [0.25, 0.3) is 16.0 Å². The highest BCUT2D eigenvalue weighted by molar-refractivity contribution is 7.92. The molecule has 0 aliphatic carbocycles. The zero-order chi connectivity index (χ0) is 14.8. The van der Waals surface area contributed by atoms with Crippen LogP contribution >= 0.6 is 0 Å². The molecule has 0 saturated carbocycles. The number of rotatable bonds is 4. The molecule has 3 N–H and O–H groups in total. The summed E-state index contributed by atoms with van der Waals surface area (Å²) >= 11 is 0. The Morgan fingerprint density at radius 3 is 2.65 bits per heavy atom. The van der Waals surface area contributed by atoms with Gasteiger partial charge < -0.3 is 10.5 Å². The average molecular weight is 295 g/mol. The minimum atomic E-state index is -3.92. The van der Waals surface area contributed by atoms with Crippen molar-refractivity contribution in [2.75, 3.05) is 17.6 Å². The number of ether oxygens (including phenoxy) is 1. The second-order valence-electron chi connectivity index (χ2n) is 3.93. The molecule has 0 fully saturated rings. The molecule has 0 saturated heterocycles. The van der Waals surface area contributed by atoms with Gasteiger partial charge in [-0.2, -0.15) is 5.10 Å². The van der Waals surface area contributed by atoms with Crippen molar-refractivity contribution < 1.29 is 13.2 Å². The van der Waals surface area contributed by atoms with Crippen LogP contribution in [0, 0.1) is 6.92 Å². The fourth-order valence-corrected chi connectivity index (χ4v) is 2.65. The van der Waals surface area contributed by atoms with Crippen molar-refractivity contribution in [3.05, 3.63) is 30.1 Å². The molecule has 8 nitrogen and oxygen atoms in total. The molecule has 0 aliphatic heterocycles. The van der Waals surface area contributed by atoms with E-state index in [9.17, 15) is 8.42 Å². The quantitative estimate of drug-likeness (QED) is 0.791. The molecule has 0 aliphatic rings. The Labute approximate surface area is 116 Å². The normalized spacial score (nSPS) is 11.1. The number of aromatic nitrogens is 3. The Morgan fingerprint density at radius 2 is 2.05 bits per heavy atom. The van der Waals surface area contributed by atoms with Gasteiger partial charge in [-0.05, 0) is 24.6 Å². The van der Waals surface area contributed by atoms with Crippen molar-refractivity contribution in [3.8, 4) is 5.75 Å². The van der Waals surface area contributed by atoms with Gasteiger partial charge >= 0.3 is 0 Å². The Kier molecular flexibility index (Phi) is 3.70. The molecule has 0 spiro atoms. The molecular weight excluding hydrogens is 282 g/mol. The molecule has 2 rings (SSSR count). The molecule has 1 aromatic heterocycles. The van der Waals surface area contributed by atoms with Gasteiger partial charge in [-0.3, -0.25) is 0 Å². The maximum absolute atomic E-state index is 12.3. The molecule has 1 heterocycles. The van der Waals surface area contributed by atoms with E-state index in [2.05, 4.69) is 19.9 Å². The summed E-state index contributed by atoms with van der Waals surface area (Å²) in [6.07, 6.45) is 2.66. The van der Waals surface area contributed by atoms with Gasteiger partial charge in [0.15, 0.2) is 0 Å². The monoisotopic (exact) mass is 295 g/mol. The van der Waals surface area contributed by atoms with Crippen LogP contribution in [-0.4, -0.2) is 30.7 Å². The van der Waals surface area contributed by atoms with Gasteiger partial charge in [0, 0.05) is 5.69 Å². The van der Waals surface area contributed by atoms with E-state index in [0.29, 0.717) is 5.69 Å². The largest absolute Gasteiger partial charge is 0.495 e. The van der Waals surface area contributed by atoms with Gasteiger partial charge in [-0.25, -0.2) is 18.1 Å². The molecule has 0 bridgehead atoms. The van der Waals surface area contributed by atoms with Crippen LogP contribution in [0.2, 0.25) is 0 Å². The third kappa shape index (κ3) is 2.77. The lowest BCUT2D eigenvalue weighted by Gasteiger charge is -2.12. The van der Waals surface area contributed by atoms with Crippen molar-refractivity contribution >= 4 is 21.7 Å². The molecule has 0 amide bonds. The first kappa shape index (κ1) is 14.0. The van der Waals surface area contributed by atoms with Crippen molar-refractivity contribution in [2.45, 2.75) is 11.8 Å². The first-order valence-corrected chi connectivity index (χ1v) is 7.03. The fourth-order valence-electron chi connectivity index (χ4n) is 1.52. The van der Waals surface area contributed by atoms with Gasteiger partial charge in [0.1, 0.15) is 10.6 Å². The zero-order valence-corrected chi connectivity index (χ0v) is 11.7.